The van der Waals surface area contributed by atoms with Gasteiger partial charge in [0.15, 0.2) is 0 Å². The number of thiophene rings is 2. The molecule has 7 aromatic rings. The summed E-state index contributed by atoms with van der Waals surface area (Å²) in [6, 6.07) is 29.6. The van der Waals surface area contributed by atoms with Crippen LogP contribution in [0, 0.1) is 0 Å². The van der Waals surface area contributed by atoms with Gasteiger partial charge in [0.2, 0.25) is 0 Å². The van der Waals surface area contributed by atoms with E-state index in [-0.39, 0.29) is 0 Å². The molecule has 4 heterocycles. The maximum absolute atomic E-state index is 6.23. The van der Waals surface area contributed by atoms with Crippen molar-refractivity contribution in [3.8, 4) is 21.3 Å². The monoisotopic (exact) mass is 422 g/mol. The molecule has 30 heavy (non-hydrogen) atoms. The minimum atomic E-state index is 0.888. The minimum Gasteiger partial charge on any atom is -0.455 e. The minimum absolute atomic E-state index is 0.888. The normalized spacial score (nSPS) is 12.0. The number of hydrogen-bond donors (Lipinski definition) is 0. The van der Waals surface area contributed by atoms with Crippen LogP contribution in [-0.2, 0) is 0 Å². The van der Waals surface area contributed by atoms with Crippen molar-refractivity contribution in [2.45, 2.75) is 0 Å². The quantitative estimate of drug-likeness (QED) is 0.278. The van der Waals surface area contributed by atoms with Gasteiger partial charge in [-0.2, -0.15) is 0 Å². The predicted molar refractivity (Wildman–Crippen MR) is 128 cm³/mol. The molecule has 0 amide bonds. The lowest BCUT2D eigenvalue weighted by atomic mass is 10.2. The van der Waals surface area contributed by atoms with E-state index in [2.05, 4.69) is 84.9 Å². The number of fused-ring (bicyclic) bond motifs is 4. The number of rotatable bonds is 2. The van der Waals surface area contributed by atoms with Crippen molar-refractivity contribution in [3.63, 3.8) is 0 Å². The zero-order chi connectivity index (χ0) is 19.7. The van der Waals surface area contributed by atoms with Gasteiger partial charge >= 0.3 is 0 Å². The van der Waals surface area contributed by atoms with Crippen LogP contribution in [0.1, 0.15) is 0 Å². The third kappa shape index (κ3) is 2.48. The largest absolute Gasteiger partial charge is 0.455 e. The molecule has 4 heteroatoms. The summed E-state index contributed by atoms with van der Waals surface area (Å²) in [4.78, 5) is 2.30. The molecule has 0 aliphatic carbocycles. The molecule has 0 atom stereocenters. The second kappa shape index (κ2) is 6.08. The smallest absolute Gasteiger partial charge is 0.145 e. The summed E-state index contributed by atoms with van der Waals surface area (Å²) in [5.74, 6) is 1.81. The average Bonchev–Trinajstić information content (AvgIpc) is 3.53. The molecule has 0 aliphatic rings. The second-order valence-corrected chi connectivity index (χ2v) is 9.61. The summed E-state index contributed by atoms with van der Waals surface area (Å²) >= 11 is 3.52. The van der Waals surface area contributed by atoms with Gasteiger partial charge in [-0.3, -0.25) is 0 Å². The molecule has 0 unspecified atom stereocenters. The third-order valence-electron chi connectivity index (χ3n) is 5.49. The molecular formula is C26H14O2S2. The van der Waals surface area contributed by atoms with E-state index in [1.807, 2.05) is 0 Å². The van der Waals surface area contributed by atoms with Gasteiger partial charge in [-0.1, -0.05) is 36.4 Å². The molecular weight excluding hydrogens is 408 g/mol. The predicted octanol–water partition coefficient (Wildman–Crippen LogP) is 8.94. The maximum Gasteiger partial charge on any atom is 0.145 e. The van der Waals surface area contributed by atoms with Crippen LogP contribution in [0.4, 0.5) is 0 Å². The fourth-order valence-electron chi connectivity index (χ4n) is 4.02. The Hall–Kier alpha value is -3.34. The van der Waals surface area contributed by atoms with E-state index in [0.717, 1.165) is 43.2 Å². The summed E-state index contributed by atoms with van der Waals surface area (Å²) in [6.07, 6.45) is 0. The standard InChI is InChI=1S/C26H14O2S2/c1-3-7-23-15(5-1)13-25(29-23)21-11-17-9-20-18(10-19(17)27-21)12-22(28-20)26-14-16-6-2-4-8-24(16)30-26/h1-14H. The summed E-state index contributed by atoms with van der Waals surface area (Å²) < 4.78 is 15.0. The van der Waals surface area contributed by atoms with Gasteiger partial charge in [0, 0.05) is 20.2 Å². The number of furan rings is 2. The van der Waals surface area contributed by atoms with Gasteiger partial charge < -0.3 is 8.83 Å². The summed E-state index contributed by atoms with van der Waals surface area (Å²) in [6.45, 7) is 0. The van der Waals surface area contributed by atoms with E-state index in [1.54, 1.807) is 22.7 Å². The zero-order valence-corrected chi connectivity index (χ0v) is 17.3. The highest BCUT2D eigenvalue weighted by Crippen LogP contribution is 2.40. The Labute approximate surface area is 179 Å². The second-order valence-electron chi connectivity index (χ2n) is 7.45. The molecule has 0 N–H and O–H groups in total. The van der Waals surface area contributed by atoms with Gasteiger partial charge in [-0.25, -0.2) is 0 Å². The molecule has 2 nitrogen and oxygen atoms in total. The first-order valence-corrected chi connectivity index (χ1v) is 11.4. The van der Waals surface area contributed by atoms with E-state index in [9.17, 15) is 0 Å². The Bertz CT molecular complexity index is 1470. The van der Waals surface area contributed by atoms with E-state index >= 15 is 0 Å². The first-order chi connectivity index (χ1) is 14.8. The van der Waals surface area contributed by atoms with Crippen LogP contribution in [0.25, 0.3) is 63.4 Å². The van der Waals surface area contributed by atoms with E-state index in [0.29, 0.717) is 0 Å². The van der Waals surface area contributed by atoms with Gasteiger partial charge in [0.1, 0.15) is 22.7 Å². The van der Waals surface area contributed by atoms with Crippen LogP contribution in [0.15, 0.2) is 93.8 Å². The van der Waals surface area contributed by atoms with Crippen molar-refractivity contribution in [2.75, 3.05) is 0 Å². The van der Waals surface area contributed by atoms with Crippen molar-refractivity contribution in [1.29, 1.82) is 0 Å². The molecule has 3 aromatic carbocycles. The molecule has 7 rings (SSSR count). The lowest BCUT2D eigenvalue weighted by Crippen LogP contribution is -1.63. The summed E-state index contributed by atoms with van der Waals surface area (Å²) in [5.41, 5.74) is 1.78. The van der Waals surface area contributed by atoms with E-state index in [1.165, 1.54) is 20.2 Å². The molecule has 0 radical (unpaired) electrons. The molecule has 0 fully saturated rings. The van der Waals surface area contributed by atoms with Crippen molar-refractivity contribution >= 4 is 64.8 Å². The van der Waals surface area contributed by atoms with Gasteiger partial charge in [0.05, 0.1) is 9.75 Å². The Morgan fingerprint density at radius 3 is 1.40 bits per heavy atom. The summed E-state index contributed by atoms with van der Waals surface area (Å²) in [5, 5.41) is 4.62. The van der Waals surface area contributed by atoms with Crippen molar-refractivity contribution in [1.82, 2.24) is 0 Å². The maximum atomic E-state index is 6.23. The lowest BCUT2D eigenvalue weighted by Gasteiger charge is -1.89. The lowest BCUT2D eigenvalue weighted by molar-refractivity contribution is 0.629. The number of hydrogen-bond acceptors (Lipinski definition) is 4. The van der Waals surface area contributed by atoms with Crippen LogP contribution in [0.5, 0.6) is 0 Å². The SMILES string of the molecule is c1ccc2sc(-c3cc4cc5oc(-c6cc7ccccc7s6)cc5cc4o3)cc2c1. The van der Waals surface area contributed by atoms with Crippen molar-refractivity contribution < 1.29 is 8.83 Å². The zero-order valence-electron chi connectivity index (χ0n) is 15.7. The van der Waals surface area contributed by atoms with Gasteiger partial charge in [0.25, 0.3) is 0 Å². The van der Waals surface area contributed by atoms with Gasteiger partial charge in [-0.05, 0) is 59.3 Å². The highest BCUT2D eigenvalue weighted by atomic mass is 32.1. The Morgan fingerprint density at radius 2 is 0.933 bits per heavy atom. The Morgan fingerprint density at radius 1 is 0.467 bits per heavy atom. The fraction of sp³-hybridized carbons (Fsp3) is 0. The highest BCUT2D eigenvalue weighted by Gasteiger charge is 2.14. The van der Waals surface area contributed by atoms with Gasteiger partial charge in [-0.15, -0.1) is 22.7 Å². The van der Waals surface area contributed by atoms with Crippen LogP contribution in [-0.4, -0.2) is 0 Å². The molecule has 142 valence electrons. The van der Waals surface area contributed by atoms with E-state index < -0.39 is 0 Å². The summed E-state index contributed by atoms with van der Waals surface area (Å²) in [7, 11) is 0. The van der Waals surface area contributed by atoms with Crippen LogP contribution < -0.4 is 0 Å². The van der Waals surface area contributed by atoms with Crippen molar-refractivity contribution in [2.24, 2.45) is 0 Å². The molecule has 0 saturated carbocycles. The molecule has 0 spiro atoms. The van der Waals surface area contributed by atoms with Crippen LogP contribution in [0.3, 0.4) is 0 Å². The first kappa shape index (κ1) is 16.5. The molecule has 0 aliphatic heterocycles. The fourth-order valence-corrected chi connectivity index (χ4v) is 6.05. The van der Waals surface area contributed by atoms with E-state index in [4.69, 9.17) is 8.83 Å². The highest BCUT2D eigenvalue weighted by molar-refractivity contribution is 7.22. The third-order valence-corrected chi connectivity index (χ3v) is 7.75. The number of benzene rings is 3. The Balaban J connectivity index is 1.34. The van der Waals surface area contributed by atoms with Crippen LogP contribution >= 0.6 is 22.7 Å². The van der Waals surface area contributed by atoms with Crippen LogP contribution in [0.2, 0.25) is 0 Å². The topological polar surface area (TPSA) is 26.3 Å². The molecule has 0 saturated heterocycles. The molecule has 4 aromatic heterocycles. The Kier molecular flexibility index (Phi) is 3.34. The molecule has 0 bridgehead atoms. The average molecular weight is 423 g/mol. The van der Waals surface area contributed by atoms with Crippen molar-refractivity contribution in [3.05, 3.63) is 84.9 Å². The first-order valence-electron chi connectivity index (χ1n) is 9.75.